The molecule has 1 heterocycles. The van der Waals surface area contributed by atoms with E-state index < -0.39 is 0 Å². The fraction of sp³-hybridized carbons (Fsp3) is 0.643. The average molecular weight is 220 g/mol. The van der Waals surface area contributed by atoms with Crippen molar-refractivity contribution in [2.45, 2.75) is 34.6 Å². The first-order valence-electron chi connectivity index (χ1n) is 6.17. The third kappa shape index (κ3) is 3.84. The van der Waals surface area contributed by atoms with Crippen LogP contribution >= 0.6 is 0 Å². The summed E-state index contributed by atoms with van der Waals surface area (Å²) in [7, 11) is 0. The average Bonchev–Trinajstić information content (AvgIpc) is 2.16. The van der Waals surface area contributed by atoms with Crippen LogP contribution in [-0.4, -0.2) is 11.5 Å². The van der Waals surface area contributed by atoms with Crippen molar-refractivity contribution in [1.29, 1.82) is 0 Å². The Balaban J connectivity index is 2.55. The van der Waals surface area contributed by atoms with Gasteiger partial charge < -0.3 is 5.32 Å². The van der Waals surface area contributed by atoms with Gasteiger partial charge in [-0.2, -0.15) is 0 Å². The minimum absolute atomic E-state index is 0.716. The fourth-order valence-corrected chi connectivity index (χ4v) is 2.13. The number of nitrogens with one attached hydrogen (secondary N) is 1. The highest BCUT2D eigenvalue weighted by Crippen LogP contribution is 2.21. The van der Waals surface area contributed by atoms with Gasteiger partial charge in [-0.25, -0.2) is 0 Å². The number of rotatable bonds is 5. The molecule has 1 aromatic rings. The molecule has 0 bridgehead atoms. The zero-order chi connectivity index (χ0) is 12.1. The molecule has 0 spiro atoms. The maximum absolute atomic E-state index is 4.20. The molecule has 1 N–H and O–H groups in total. The van der Waals surface area contributed by atoms with Crippen LogP contribution in [-0.2, 0) is 0 Å². The summed E-state index contributed by atoms with van der Waals surface area (Å²) in [4.78, 5) is 4.20. The van der Waals surface area contributed by atoms with Crippen LogP contribution in [0.1, 0.15) is 33.4 Å². The summed E-state index contributed by atoms with van der Waals surface area (Å²) >= 11 is 0. The van der Waals surface area contributed by atoms with Gasteiger partial charge in [0.1, 0.15) is 0 Å². The van der Waals surface area contributed by atoms with E-state index in [1.165, 1.54) is 5.69 Å². The molecule has 1 aromatic heterocycles. The minimum Gasteiger partial charge on any atom is -0.385 e. The maximum atomic E-state index is 4.20. The predicted molar refractivity (Wildman–Crippen MR) is 70.6 cm³/mol. The fourth-order valence-electron chi connectivity index (χ4n) is 2.13. The first kappa shape index (κ1) is 13.0. The summed E-state index contributed by atoms with van der Waals surface area (Å²) in [6, 6.07) is 4.13. The second-order valence-electron chi connectivity index (χ2n) is 5.22. The third-order valence-corrected chi connectivity index (χ3v) is 3.15. The van der Waals surface area contributed by atoms with Crippen LogP contribution in [0.5, 0.6) is 0 Å². The molecule has 0 radical (unpaired) electrons. The Morgan fingerprint density at radius 1 is 1.19 bits per heavy atom. The van der Waals surface area contributed by atoms with Crippen LogP contribution in [0.25, 0.3) is 0 Å². The van der Waals surface area contributed by atoms with Crippen molar-refractivity contribution >= 4 is 5.69 Å². The van der Waals surface area contributed by atoms with Crippen molar-refractivity contribution in [2.24, 2.45) is 17.8 Å². The van der Waals surface area contributed by atoms with Gasteiger partial charge in [0.25, 0.3) is 0 Å². The van der Waals surface area contributed by atoms with Gasteiger partial charge in [0.2, 0.25) is 0 Å². The molecule has 2 nitrogen and oxygen atoms in total. The molecule has 90 valence electrons. The van der Waals surface area contributed by atoms with E-state index in [1.54, 1.807) is 0 Å². The number of pyridine rings is 1. The van der Waals surface area contributed by atoms with Crippen molar-refractivity contribution in [3.63, 3.8) is 0 Å². The monoisotopic (exact) mass is 220 g/mol. The standard InChI is InChI=1S/C14H24N2/c1-10(2)14(11(3)4)9-16-13-6-7-15-12(5)8-13/h6-8,10-11,14H,9H2,1-5H3,(H,15,16). The van der Waals surface area contributed by atoms with Gasteiger partial charge in [-0.1, -0.05) is 27.7 Å². The summed E-state index contributed by atoms with van der Waals surface area (Å²) in [5, 5.41) is 3.51. The maximum Gasteiger partial charge on any atom is 0.0393 e. The van der Waals surface area contributed by atoms with Crippen molar-refractivity contribution in [3.8, 4) is 0 Å². The summed E-state index contributed by atoms with van der Waals surface area (Å²) in [5.74, 6) is 2.15. The van der Waals surface area contributed by atoms with E-state index in [2.05, 4.69) is 44.1 Å². The van der Waals surface area contributed by atoms with Crippen LogP contribution in [0.3, 0.4) is 0 Å². The topological polar surface area (TPSA) is 24.9 Å². The molecule has 0 saturated carbocycles. The van der Waals surface area contributed by atoms with E-state index in [1.807, 2.05) is 19.2 Å². The van der Waals surface area contributed by atoms with E-state index in [4.69, 9.17) is 0 Å². The molecule has 0 unspecified atom stereocenters. The number of anilines is 1. The lowest BCUT2D eigenvalue weighted by atomic mass is 9.85. The zero-order valence-corrected chi connectivity index (χ0v) is 11.1. The van der Waals surface area contributed by atoms with Crippen molar-refractivity contribution in [2.75, 3.05) is 11.9 Å². The van der Waals surface area contributed by atoms with Gasteiger partial charge in [-0.05, 0) is 36.8 Å². The Morgan fingerprint density at radius 3 is 2.31 bits per heavy atom. The lowest BCUT2D eigenvalue weighted by molar-refractivity contribution is 0.304. The highest BCUT2D eigenvalue weighted by Gasteiger charge is 2.16. The summed E-state index contributed by atoms with van der Waals surface area (Å²) < 4.78 is 0. The number of hydrogen-bond acceptors (Lipinski definition) is 2. The van der Waals surface area contributed by atoms with Crippen molar-refractivity contribution < 1.29 is 0 Å². The molecule has 0 aromatic carbocycles. The predicted octanol–water partition coefficient (Wildman–Crippen LogP) is 3.73. The van der Waals surface area contributed by atoms with Crippen LogP contribution in [0.4, 0.5) is 5.69 Å². The Morgan fingerprint density at radius 2 is 1.81 bits per heavy atom. The van der Waals surface area contributed by atoms with Crippen LogP contribution in [0.15, 0.2) is 18.3 Å². The van der Waals surface area contributed by atoms with Gasteiger partial charge in [0.05, 0.1) is 0 Å². The third-order valence-electron chi connectivity index (χ3n) is 3.15. The largest absolute Gasteiger partial charge is 0.385 e. The van der Waals surface area contributed by atoms with E-state index >= 15 is 0 Å². The van der Waals surface area contributed by atoms with E-state index in [0.717, 1.165) is 24.1 Å². The normalized spacial score (nSPS) is 11.5. The van der Waals surface area contributed by atoms with Crippen LogP contribution < -0.4 is 5.32 Å². The molecule has 2 heteroatoms. The Hall–Kier alpha value is -1.05. The number of aromatic nitrogens is 1. The summed E-state index contributed by atoms with van der Waals surface area (Å²) in [6.45, 7) is 12.2. The smallest absolute Gasteiger partial charge is 0.0393 e. The van der Waals surface area contributed by atoms with Crippen molar-refractivity contribution in [3.05, 3.63) is 24.0 Å². The van der Waals surface area contributed by atoms with Crippen LogP contribution in [0.2, 0.25) is 0 Å². The molecular formula is C14H24N2. The molecule has 0 amide bonds. The van der Waals surface area contributed by atoms with Gasteiger partial charge in [0.15, 0.2) is 0 Å². The summed E-state index contributed by atoms with van der Waals surface area (Å²) in [6.07, 6.45) is 1.86. The molecule has 0 aliphatic rings. The van der Waals surface area contributed by atoms with Gasteiger partial charge in [0, 0.05) is 24.1 Å². The number of aryl methyl sites for hydroxylation is 1. The molecule has 0 saturated heterocycles. The van der Waals surface area contributed by atoms with Gasteiger partial charge in [-0.3, -0.25) is 4.98 Å². The number of nitrogens with zero attached hydrogens (tertiary/aromatic N) is 1. The Bertz CT molecular complexity index is 310. The van der Waals surface area contributed by atoms with E-state index in [9.17, 15) is 0 Å². The van der Waals surface area contributed by atoms with Crippen molar-refractivity contribution in [1.82, 2.24) is 4.98 Å². The number of hydrogen-bond donors (Lipinski definition) is 1. The highest BCUT2D eigenvalue weighted by atomic mass is 14.9. The first-order valence-corrected chi connectivity index (χ1v) is 6.17. The highest BCUT2D eigenvalue weighted by molar-refractivity contribution is 5.42. The Kier molecular flexibility index (Phi) is 4.78. The van der Waals surface area contributed by atoms with Gasteiger partial charge in [-0.15, -0.1) is 0 Å². The van der Waals surface area contributed by atoms with E-state index in [-0.39, 0.29) is 0 Å². The van der Waals surface area contributed by atoms with E-state index in [0.29, 0.717) is 5.92 Å². The zero-order valence-electron chi connectivity index (χ0n) is 11.1. The molecule has 0 aliphatic heterocycles. The Labute approximate surface area is 99.5 Å². The molecule has 0 aliphatic carbocycles. The van der Waals surface area contributed by atoms with Crippen LogP contribution in [0, 0.1) is 24.7 Å². The molecular weight excluding hydrogens is 196 g/mol. The molecule has 0 fully saturated rings. The summed E-state index contributed by atoms with van der Waals surface area (Å²) in [5.41, 5.74) is 2.24. The first-order chi connectivity index (χ1) is 7.50. The second kappa shape index (κ2) is 5.88. The minimum atomic E-state index is 0.716. The lowest BCUT2D eigenvalue weighted by Gasteiger charge is -2.25. The molecule has 16 heavy (non-hydrogen) atoms. The quantitative estimate of drug-likeness (QED) is 0.818. The lowest BCUT2D eigenvalue weighted by Crippen LogP contribution is -2.24. The molecule has 0 atom stereocenters. The van der Waals surface area contributed by atoms with Gasteiger partial charge >= 0.3 is 0 Å². The SMILES string of the molecule is Cc1cc(NCC(C(C)C)C(C)C)ccn1. The second-order valence-corrected chi connectivity index (χ2v) is 5.22. The molecule has 1 rings (SSSR count).